The van der Waals surface area contributed by atoms with Gasteiger partial charge in [0.05, 0.1) is 6.42 Å². The van der Waals surface area contributed by atoms with Crippen LogP contribution in [0.5, 0.6) is 0 Å². The number of nitrogens with one attached hydrogen (secondary N) is 1. The van der Waals surface area contributed by atoms with Gasteiger partial charge in [-0.2, -0.15) is 0 Å². The molecule has 2 fully saturated rings. The maximum absolute atomic E-state index is 12.7. The largest absolute Gasteiger partial charge is 0.361 e. The standard InChI is InChI=1S/C20H25N3O2/c24-19(13-16-14-21-18-6-2-1-5-17(16)18)22-11-7-15(8-12-22)20(25)23-9-3-4-10-23/h1-2,5-6,14-15,21H,3-4,7-13H2. The third kappa shape index (κ3) is 3.28. The molecule has 2 saturated heterocycles. The Morgan fingerprint density at radius 1 is 1.00 bits per heavy atom. The minimum absolute atomic E-state index is 0.107. The molecule has 0 saturated carbocycles. The van der Waals surface area contributed by atoms with Gasteiger partial charge in [0.1, 0.15) is 0 Å². The maximum Gasteiger partial charge on any atom is 0.227 e. The van der Waals surface area contributed by atoms with Crippen molar-refractivity contribution in [2.45, 2.75) is 32.1 Å². The number of carbonyl (C=O) groups excluding carboxylic acids is 2. The number of aromatic nitrogens is 1. The predicted octanol–water partition coefficient (Wildman–Crippen LogP) is 2.57. The Labute approximate surface area is 148 Å². The molecule has 4 rings (SSSR count). The molecule has 0 aliphatic carbocycles. The number of hydrogen-bond acceptors (Lipinski definition) is 2. The average Bonchev–Trinajstić information content (AvgIpc) is 3.32. The third-order valence-corrected chi connectivity index (χ3v) is 5.63. The fourth-order valence-electron chi connectivity index (χ4n) is 4.12. The lowest BCUT2D eigenvalue weighted by molar-refractivity contribution is -0.139. The van der Waals surface area contributed by atoms with Crippen LogP contribution < -0.4 is 0 Å². The van der Waals surface area contributed by atoms with E-state index in [1.54, 1.807) is 0 Å². The maximum atomic E-state index is 12.7. The monoisotopic (exact) mass is 339 g/mol. The molecule has 5 nitrogen and oxygen atoms in total. The number of fused-ring (bicyclic) bond motifs is 1. The van der Waals surface area contributed by atoms with E-state index < -0.39 is 0 Å². The molecule has 0 radical (unpaired) electrons. The van der Waals surface area contributed by atoms with Gasteiger partial charge >= 0.3 is 0 Å². The number of H-pyrrole nitrogens is 1. The second-order valence-corrected chi connectivity index (χ2v) is 7.22. The number of benzene rings is 1. The van der Waals surface area contributed by atoms with Gasteiger partial charge in [0.25, 0.3) is 0 Å². The van der Waals surface area contributed by atoms with Crippen LogP contribution in [0.15, 0.2) is 30.5 Å². The molecule has 1 N–H and O–H groups in total. The summed E-state index contributed by atoms with van der Waals surface area (Å²) in [5.41, 5.74) is 2.12. The number of aromatic amines is 1. The van der Waals surface area contributed by atoms with Crippen LogP contribution in [-0.2, 0) is 16.0 Å². The van der Waals surface area contributed by atoms with Crippen molar-refractivity contribution >= 4 is 22.7 Å². The number of carbonyl (C=O) groups is 2. The number of nitrogens with zero attached hydrogens (tertiary/aromatic N) is 2. The first kappa shape index (κ1) is 16.2. The van der Waals surface area contributed by atoms with Crippen molar-refractivity contribution < 1.29 is 9.59 Å². The molecular formula is C20H25N3O2. The van der Waals surface area contributed by atoms with Crippen molar-refractivity contribution in [3.63, 3.8) is 0 Å². The molecule has 3 heterocycles. The topological polar surface area (TPSA) is 56.4 Å². The highest BCUT2D eigenvalue weighted by atomic mass is 16.2. The van der Waals surface area contributed by atoms with Crippen molar-refractivity contribution in [1.29, 1.82) is 0 Å². The van der Waals surface area contributed by atoms with Crippen LogP contribution in [0.2, 0.25) is 0 Å². The van der Waals surface area contributed by atoms with E-state index in [0.29, 0.717) is 25.4 Å². The summed E-state index contributed by atoms with van der Waals surface area (Å²) in [6.07, 6.45) is 6.23. The molecule has 0 spiro atoms. The van der Waals surface area contributed by atoms with Gasteiger partial charge in [-0.25, -0.2) is 0 Å². The van der Waals surface area contributed by atoms with E-state index >= 15 is 0 Å². The number of likely N-dealkylation sites (tertiary alicyclic amines) is 2. The Hall–Kier alpha value is -2.30. The van der Waals surface area contributed by atoms with E-state index in [1.165, 1.54) is 0 Å². The second kappa shape index (κ2) is 6.90. The molecule has 1 aromatic heterocycles. The van der Waals surface area contributed by atoms with E-state index in [1.807, 2.05) is 34.2 Å². The number of rotatable bonds is 3. The van der Waals surface area contributed by atoms with Crippen LogP contribution in [0.3, 0.4) is 0 Å². The molecule has 0 unspecified atom stereocenters. The summed E-state index contributed by atoms with van der Waals surface area (Å²) < 4.78 is 0. The number of amides is 2. The highest BCUT2D eigenvalue weighted by molar-refractivity contribution is 5.89. The van der Waals surface area contributed by atoms with Gasteiger partial charge in [0.15, 0.2) is 0 Å². The zero-order valence-corrected chi connectivity index (χ0v) is 14.5. The Balaban J connectivity index is 1.34. The Kier molecular flexibility index (Phi) is 4.47. The molecule has 0 atom stereocenters. The van der Waals surface area contributed by atoms with Crippen molar-refractivity contribution in [1.82, 2.24) is 14.8 Å². The number of piperidine rings is 1. The fourth-order valence-corrected chi connectivity index (χ4v) is 4.12. The first-order chi connectivity index (χ1) is 12.2. The van der Waals surface area contributed by atoms with E-state index in [0.717, 1.165) is 55.2 Å². The first-order valence-electron chi connectivity index (χ1n) is 9.34. The first-order valence-corrected chi connectivity index (χ1v) is 9.34. The Morgan fingerprint density at radius 3 is 2.48 bits per heavy atom. The highest BCUT2D eigenvalue weighted by Gasteiger charge is 2.31. The molecule has 0 bridgehead atoms. The average molecular weight is 339 g/mol. The molecule has 2 aromatic rings. The van der Waals surface area contributed by atoms with Gasteiger partial charge in [-0.15, -0.1) is 0 Å². The summed E-state index contributed by atoms with van der Waals surface area (Å²) in [5.74, 6) is 0.577. The fraction of sp³-hybridized carbons (Fsp3) is 0.500. The van der Waals surface area contributed by atoms with E-state index in [4.69, 9.17) is 0 Å². The Morgan fingerprint density at radius 2 is 1.72 bits per heavy atom. The van der Waals surface area contributed by atoms with Crippen LogP contribution >= 0.6 is 0 Å². The lowest BCUT2D eigenvalue weighted by Crippen LogP contribution is -2.44. The molecule has 2 aliphatic rings. The minimum atomic E-state index is 0.107. The predicted molar refractivity (Wildman–Crippen MR) is 97.1 cm³/mol. The van der Waals surface area contributed by atoms with Gasteiger partial charge in [0, 0.05) is 49.2 Å². The lowest BCUT2D eigenvalue weighted by Gasteiger charge is -2.33. The normalized spacial score (nSPS) is 18.9. The van der Waals surface area contributed by atoms with Crippen LogP contribution in [0.4, 0.5) is 0 Å². The molecule has 132 valence electrons. The van der Waals surface area contributed by atoms with E-state index in [9.17, 15) is 9.59 Å². The summed E-state index contributed by atoms with van der Waals surface area (Å²) in [7, 11) is 0. The van der Waals surface area contributed by atoms with Crippen LogP contribution in [0, 0.1) is 5.92 Å². The van der Waals surface area contributed by atoms with Crippen molar-refractivity contribution in [2.75, 3.05) is 26.2 Å². The minimum Gasteiger partial charge on any atom is -0.361 e. The second-order valence-electron chi connectivity index (χ2n) is 7.22. The zero-order valence-electron chi connectivity index (χ0n) is 14.5. The summed E-state index contributed by atoms with van der Waals surface area (Å²) >= 11 is 0. The van der Waals surface area contributed by atoms with Gasteiger partial charge in [-0.05, 0) is 37.3 Å². The SMILES string of the molecule is O=C(Cc1c[nH]c2ccccc12)N1CCC(C(=O)N2CCCC2)CC1. The smallest absolute Gasteiger partial charge is 0.227 e. The number of para-hydroxylation sites is 1. The zero-order chi connectivity index (χ0) is 17.2. The molecule has 5 heteroatoms. The van der Waals surface area contributed by atoms with Crippen LogP contribution in [-0.4, -0.2) is 52.8 Å². The van der Waals surface area contributed by atoms with Crippen molar-refractivity contribution in [2.24, 2.45) is 5.92 Å². The number of hydrogen-bond donors (Lipinski definition) is 1. The lowest BCUT2D eigenvalue weighted by atomic mass is 9.95. The highest BCUT2D eigenvalue weighted by Crippen LogP contribution is 2.24. The van der Waals surface area contributed by atoms with Crippen LogP contribution in [0.1, 0.15) is 31.2 Å². The van der Waals surface area contributed by atoms with Gasteiger partial charge in [-0.1, -0.05) is 18.2 Å². The summed E-state index contributed by atoms with van der Waals surface area (Å²) in [6, 6.07) is 8.07. The molecule has 1 aromatic carbocycles. The molecular weight excluding hydrogens is 314 g/mol. The quantitative estimate of drug-likeness (QED) is 0.934. The van der Waals surface area contributed by atoms with Crippen molar-refractivity contribution in [3.05, 3.63) is 36.0 Å². The summed E-state index contributed by atoms with van der Waals surface area (Å²) in [6.45, 7) is 3.23. The van der Waals surface area contributed by atoms with Gasteiger partial charge < -0.3 is 14.8 Å². The molecule has 2 aliphatic heterocycles. The summed E-state index contributed by atoms with van der Waals surface area (Å²) in [4.78, 5) is 32.3. The van der Waals surface area contributed by atoms with Gasteiger partial charge in [0.2, 0.25) is 11.8 Å². The summed E-state index contributed by atoms with van der Waals surface area (Å²) in [5, 5.41) is 1.12. The third-order valence-electron chi connectivity index (χ3n) is 5.63. The van der Waals surface area contributed by atoms with E-state index in [-0.39, 0.29) is 11.8 Å². The molecule has 25 heavy (non-hydrogen) atoms. The van der Waals surface area contributed by atoms with Crippen molar-refractivity contribution in [3.8, 4) is 0 Å². The van der Waals surface area contributed by atoms with Crippen LogP contribution in [0.25, 0.3) is 10.9 Å². The van der Waals surface area contributed by atoms with E-state index in [2.05, 4.69) is 11.1 Å². The van der Waals surface area contributed by atoms with Gasteiger partial charge in [-0.3, -0.25) is 9.59 Å². The Bertz CT molecular complexity index is 768. The molecule has 2 amide bonds.